The van der Waals surface area contributed by atoms with Gasteiger partial charge in [0.15, 0.2) is 0 Å². The van der Waals surface area contributed by atoms with E-state index in [2.05, 4.69) is 5.10 Å². The Morgan fingerprint density at radius 2 is 2.06 bits per heavy atom. The molecule has 2 aromatic rings. The molecule has 18 heavy (non-hydrogen) atoms. The first-order valence-electron chi connectivity index (χ1n) is 5.26. The molecule has 1 aromatic carbocycles. The number of carbonyl (C=O) groups excluding carboxylic acids is 1. The van der Waals surface area contributed by atoms with Gasteiger partial charge in [0.05, 0.1) is 5.69 Å². The highest BCUT2D eigenvalue weighted by Crippen LogP contribution is 2.19. The van der Waals surface area contributed by atoms with Crippen LogP contribution in [0.1, 0.15) is 21.6 Å². The molecular weight excluding hydrogens is 248 g/mol. The van der Waals surface area contributed by atoms with Crippen molar-refractivity contribution < 1.29 is 4.79 Å². The minimum absolute atomic E-state index is 0.201. The molecule has 0 saturated carbocycles. The van der Waals surface area contributed by atoms with Crippen LogP contribution in [0, 0.1) is 6.92 Å². The third-order valence-corrected chi connectivity index (χ3v) is 2.79. The van der Waals surface area contributed by atoms with Crippen LogP contribution in [0.3, 0.4) is 0 Å². The minimum Gasteiger partial charge on any atom is -0.389 e. The number of nitrogens with zero attached hydrogens (tertiary/aromatic N) is 2. The van der Waals surface area contributed by atoms with E-state index >= 15 is 0 Å². The number of hydrogen-bond donors (Lipinski definition) is 2. The highest BCUT2D eigenvalue weighted by atomic mass is 32.1. The van der Waals surface area contributed by atoms with E-state index in [4.69, 9.17) is 23.7 Å². The lowest BCUT2D eigenvalue weighted by Gasteiger charge is -2.11. The molecule has 0 fully saturated rings. The maximum absolute atomic E-state index is 11.0. The Bertz CT molecular complexity index is 633. The molecular formula is C12H12N4OS. The van der Waals surface area contributed by atoms with E-state index in [0.717, 1.165) is 11.3 Å². The summed E-state index contributed by atoms with van der Waals surface area (Å²) in [6.45, 7) is 1.92. The first kappa shape index (κ1) is 12.3. The zero-order valence-corrected chi connectivity index (χ0v) is 10.6. The lowest BCUT2D eigenvalue weighted by atomic mass is 10.1. The lowest BCUT2D eigenvalue weighted by Crippen LogP contribution is -2.16. The summed E-state index contributed by atoms with van der Waals surface area (Å²) >= 11 is 5.01. The van der Waals surface area contributed by atoms with Crippen LogP contribution >= 0.6 is 12.2 Å². The number of carbonyl (C=O) groups is 1. The molecule has 1 amide bonds. The summed E-state index contributed by atoms with van der Waals surface area (Å²) in [5.74, 6) is -0.570. The average Bonchev–Trinajstić information content (AvgIpc) is 2.77. The van der Waals surface area contributed by atoms with E-state index < -0.39 is 5.91 Å². The summed E-state index contributed by atoms with van der Waals surface area (Å²) in [5, 5.41) is 4.11. The van der Waals surface area contributed by atoms with Gasteiger partial charge in [-0.1, -0.05) is 24.4 Å². The quantitative estimate of drug-likeness (QED) is 0.803. The monoisotopic (exact) mass is 260 g/mol. The van der Waals surface area contributed by atoms with Crippen molar-refractivity contribution in [3.05, 3.63) is 47.3 Å². The molecule has 0 bridgehead atoms. The number of benzene rings is 1. The molecule has 2 rings (SSSR count). The van der Waals surface area contributed by atoms with Crippen LogP contribution in [-0.2, 0) is 0 Å². The van der Waals surface area contributed by atoms with Crippen LogP contribution in [0.25, 0.3) is 5.69 Å². The summed E-state index contributed by atoms with van der Waals surface area (Å²) < 4.78 is 1.56. The number of amides is 1. The third kappa shape index (κ3) is 2.10. The molecule has 4 N–H and O–H groups in total. The fourth-order valence-corrected chi connectivity index (χ4v) is 1.91. The van der Waals surface area contributed by atoms with Gasteiger partial charge < -0.3 is 11.5 Å². The maximum atomic E-state index is 11.0. The van der Waals surface area contributed by atoms with Crippen LogP contribution in [0.15, 0.2) is 30.5 Å². The fourth-order valence-electron chi connectivity index (χ4n) is 1.74. The molecule has 0 spiro atoms. The van der Waals surface area contributed by atoms with Crippen molar-refractivity contribution in [1.82, 2.24) is 9.78 Å². The Morgan fingerprint density at radius 3 is 2.61 bits per heavy atom. The molecule has 92 valence electrons. The summed E-state index contributed by atoms with van der Waals surface area (Å²) in [5.41, 5.74) is 13.5. The van der Waals surface area contributed by atoms with Crippen LogP contribution in [0.4, 0.5) is 0 Å². The van der Waals surface area contributed by atoms with E-state index in [-0.39, 0.29) is 10.7 Å². The second kappa shape index (κ2) is 4.58. The molecule has 0 aliphatic carbocycles. The number of hydrogen-bond acceptors (Lipinski definition) is 3. The van der Waals surface area contributed by atoms with Gasteiger partial charge in [-0.05, 0) is 24.6 Å². The lowest BCUT2D eigenvalue weighted by molar-refractivity contribution is 0.0995. The van der Waals surface area contributed by atoms with Gasteiger partial charge in [-0.25, -0.2) is 4.68 Å². The molecule has 6 heteroatoms. The number of rotatable bonds is 3. The predicted octanol–water partition coefficient (Wildman–Crippen LogP) is 0.914. The fraction of sp³-hybridized carbons (Fsp3) is 0.0833. The smallest absolute Gasteiger partial charge is 0.269 e. The first-order chi connectivity index (χ1) is 8.50. The van der Waals surface area contributed by atoms with Crippen molar-refractivity contribution in [1.29, 1.82) is 0 Å². The summed E-state index contributed by atoms with van der Waals surface area (Å²) in [4.78, 5) is 11.3. The second-order valence-electron chi connectivity index (χ2n) is 3.85. The Kier molecular flexibility index (Phi) is 3.12. The molecule has 1 aromatic heterocycles. The Morgan fingerprint density at radius 1 is 1.33 bits per heavy atom. The van der Waals surface area contributed by atoms with Gasteiger partial charge in [-0.2, -0.15) is 5.10 Å². The van der Waals surface area contributed by atoms with Gasteiger partial charge >= 0.3 is 0 Å². The SMILES string of the molecule is Cc1cccc(C(N)=S)c1-n1ccc(C(N)=O)n1. The van der Waals surface area contributed by atoms with E-state index in [9.17, 15) is 4.79 Å². The molecule has 0 aliphatic heterocycles. The molecule has 5 nitrogen and oxygen atoms in total. The van der Waals surface area contributed by atoms with E-state index in [0.29, 0.717) is 5.56 Å². The molecule has 0 unspecified atom stereocenters. The molecule has 0 atom stereocenters. The van der Waals surface area contributed by atoms with Crippen molar-refractivity contribution in [2.24, 2.45) is 11.5 Å². The van der Waals surface area contributed by atoms with Gasteiger partial charge in [0.2, 0.25) is 0 Å². The average molecular weight is 260 g/mol. The predicted molar refractivity (Wildman–Crippen MR) is 72.7 cm³/mol. The first-order valence-corrected chi connectivity index (χ1v) is 5.67. The summed E-state index contributed by atoms with van der Waals surface area (Å²) in [6.07, 6.45) is 1.66. The number of thiocarbonyl (C=S) groups is 1. The second-order valence-corrected chi connectivity index (χ2v) is 4.28. The highest BCUT2D eigenvalue weighted by molar-refractivity contribution is 7.80. The molecule has 0 radical (unpaired) electrons. The van der Waals surface area contributed by atoms with Crippen LogP contribution in [0.2, 0.25) is 0 Å². The van der Waals surface area contributed by atoms with Crippen molar-refractivity contribution in [3.8, 4) is 5.69 Å². The largest absolute Gasteiger partial charge is 0.389 e. The van der Waals surface area contributed by atoms with Gasteiger partial charge in [0.1, 0.15) is 10.7 Å². The van der Waals surface area contributed by atoms with Crippen molar-refractivity contribution in [2.75, 3.05) is 0 Å². The van der Waals surface area contributed by atoms with Crippen LogP contribution in [0.5, 0.6) is 0 Å². The maximum Gasteiger partial charge on any atom is 0.269 e. The molecule has 0 aliphatic rings. The minimum atomic E-state index is -0.570. The summed E-state index contributed by atoms with van der Waals surface area (Å²) in [7, 11) is 0. The zero-order valence-electron chi connectivity index (χ0n) is 9.75. The van der Waals surface area contributed by atoms with E-state index in [1.807, 2.05) is 25.1 Å². The number of primary amides is 1. The number of aryl methyl sites for hydroxylation is 1. The van der Waals surface area contributed by atoms with Crippen molar-refractivity contribution >= 4 is 23.1 Å². The number of para-hydroxylation sites is 1. The van der Waals surface area contributed by atoms with Gasteiger partial charge in [0.25, 0.3) is 5.91 Å². The van der Waals surface area contributed by atoms with Gasteiger partial charge in [-0.15, -0.1) is 0 Å². The Hall–Kier alpha value is -2.21. The van der Waals surface area contributed by atoms with Gasteiger partial charge in [-0.3, -0.25) is 4.79 Å². The molecule has 0 saturated heterocycles. The number of nitrogens with two attached hydrogens (primary N) is 2. The summed E-state index contributed by atoms with van der Waals surface area (Å²) in [6, 6.07) is 7.16. The van der Waals surface area contributed by atoms with Crippen LogP contribution < -0.4 is 11.5 Å². The Labute approximate surface area is 109 Å². The standard InChI is InChI=1S/C12H12N4OS/c1-7-3-2-4-8(12(14)18)10(7)16-6-5-9(15-16)11(13)17/h2-6H,1H3,(H2,13,17)(H2,14,18). The van der Waals surface area contributed by atoms with E-state index in [1.54, 1.807) is 16.9 Å². The third-order valence-electron chi connectivity index (χ3n) is 2.57. The zero-order chi connectivity index (χ0) is 13.3. The normalized spacial score (nSPS) is 10.3. The van der Waals surface area contributed by atoms with Crippen LogP contribution in [-0.4, -0.2) is 20.7 Å². The topological polar surface area (TPSA) is 86.9 Å². The van der Waals surface area contributed by atoms with Gasteiger partial charge in [0, 0.05) is 11.8 Å². The van der Waals surface area contributed by atoms with Crippen molar-refractivity contribution in [2.45, 2.75) is 6.92 Å². The highest BCUT2D eigenvalue weighted by Gasteiger charge is 2.12. The number of aromatic nitrogens is 2. The molecule has 1 heterocycles. The van der Waals surface area contributed by atoms with E-state index in [1.165, 1.54) is 0 Å². The van der Waals surface area contributed by atoms with Crippen molar-refractivity contribution in [3.63, 3.8) is 0 Å². The Balaban J connectivity index is 2.62.